The number of amides is 1. The van der Waals surface area contributed by atoms with E-state index in [9.17, 15) is 14.0 Å². The maximum Gasteiger partial charge on any atom is 0.310 e. The van der Waals surface area contributed by atoms with Crippen LogP contribution in [0.25, 0.3) is 0 Å². The molecule has 25 heavy (non-hydrogen) atoms. The second kappa shape index (κ2) is 8.97. The quantitative estimate of drug-likeness (QED) is 0.725. The number of nitrogens with zero attached hydrogens (tertiary/aromatic N) is 1. The molecule has 2 rings (SSSR count). The molecule has 0 aliphatic carbocycles. The van der Waals surface area contributed by atoms with Crippen LogP contribution >= 0.6 is 0 Å². The van der Waals surface area contributed by atoms with Crippen LogP contribution in [-0.2, 0) is 27.3 Å². The molecule has 0 bridgehead atoms. The summed E-state index contributed by atoms with van der Waals surface area (Å²) in [5, 5.41) is 0. The summed E-state index contributed by atoms with van der Waals surface area (Å²) in [5.41, 5.74) is 1.71. The molecule has 0 spiro atoms. The summed E-state index contributed by atoms with van der Waals surface area (Å²) in [4.78, 5) is 26.1. The standard InChI is InChI=1S/C20H22FNO3/c1-15(20(24)25-2)13-22(14-17-6-4-3-5-7-17)19(23)12-16-8-10-18(21)11-9-16/h3-11,15H,12-14H2,1-2H3. The average molecular weight is 343 g/mol. The van der Waals surface area contributed by atoms with Gasteiger partial charge in [0, 0.05) is 13.1 Å². The zero-order valence-corrected chi connectivity index (χ0v) is 14.4. The molecule has 0 radical (unpaired) electrons. The van der Waals surface area contributed by atoms with Gasteiger partial charge < -0.3 is 9.64 Å². The van der Waals surface area contributed by atoms with Gasteiger partial charge in [-0.1, -0.05) is 49.4 Å². The van der Waals surface area contributed by atoms with Gasteiger partial charge in [0.05, 0.1) is 19.4 Å². The first-order valence-corrected chi connectivity index (χ1v) is 8.13. The van der Waals surface area contributed by atoms with Crippen molar-refractivity contribution in [1.29, 1.82) is 0 Å². The minimum atomic E-state index is -0.425. The van der Waals surface area contributed by atoms with Crippen LogP contribution in [0.2, 0.25) is 0 Å². The Hall–Kier alpha value is -2.69. The van der Waals surface area contributed by atoms with Gasteiger partial charge in [0.25, 0.3) is 0 Å². The van der Waals surface area contributed by atoms with Gasteiger partial charge in [-0.25, -0.2) is 4.39 Å². The van der Waals surface area contributed by atoms with Crippen LogP contribution in [0, 0.1) is 11.7 Å². The third kappa shape index (κ3) is 5.71. The highest BCUT2D eigenvalue weighted by molar-refractivity contribution is 5.80. The van der Waals surface area contributed by atoms with Gasteiger partial charge in [-0.05, 0) is 23.3 Å². The van der Waals surface area contributed by atoms with E-state index in [1.54, 1.807) is 24.0 Å². The lowest BCUT2D eigenvalue weighted by Gasteiger charge is -2.25. The van der Waals surface area contributed by atoms with Gasteiger partial charge in [0.15, 0.2) is 0 Å². The molecule has 4 nitrogen and oxygen atoms in total. The van der Waals surface area contributed by atoms with E-state index >= 15 is 0 Å². The van der Waals surface area contributed by atoms with Crippen LogP contribution in [0.3, 0.4) is 0 Å². The fourth-order valence-corrected chi connectivity index (χ4v) is 2.55. The topological polar surface area (TPSA) is 46.6 Å². The van der Waals surface area contributed by atoms with E-state index in [1.165, 1.54) is 19.2 Å². The van der Waals surface area contributed by atoms with E-state index in [2.05, 4.69) is 0 Å². The second-order valence-electron chi connectivity index (χ2n) is 5.99. The van der Waals surface area contributed by atoms with Crippen molar-refractivity contribution >= 4 is 11.9 Å². The Kier molecular flexibility index (Phi) is 6.69. The molecule has 1 amide bonds. The first kappa shape index (κ1) is 18.6. The first-order valence-electron chi connectivity index (χ1n) is 8.13. The SMILES string of the molecule is COC(=O)C(C)CN(Cc1ccccc1)C(=O)Cc1ccc(F)cc1. The smallest absolute Gasteiger partial charge is 0.310 e. The number of ether oxygens (including phenoxy) is 1. The molecule has 0 aliphatic rings. The van der Waals surface area contributed by atoms with Gasteiger partial charge in [-0.15, -0.1) is 0 Å². The van der Waals surface area contributed by atoms with E-state index < -0.39 is 5.92 Å². The van der Waals surface area contributed by atoms with Crippen LogP contribution in [-0.4, -0.2) is 30.4 Å². The fraction of sp³-hybridized carbons (Fsp3) is 0.300. The monoisotopic (exact) mass is 343 g/mol. The zero-order valence-electron chi connectivity index (χ0n) is 14.4. The van der Waals surface area contributed by atoms with Crippen LogP contribution in [0.4, 0.5) is 4.39 Å². The largest absolute Gasteiger partial charge is 0.469 e. The third-order valence-corrected chi connectivity index (χ3v) is 3.94. The minimum absolute atomic E-state index is 0.119. The summed E-state index contributed by atoms with van der Waals surface area (Å²) in [6.07, 6.45) is 0.154. The number of halogens is 1. The van der Waals surface area contributed by atoms with Gasteiger partial charge in [-0.2, -0.15) is 0 Å². The third-order valence-electron chi connectivity index (χ3n) is 3.94. The second-order valence-corrected chi connectivity index (χ2v) is 5.99. The number of rotatable bonds is 7. The Balaban J connectivity index is 2.12. The van der Waals surface area contributed by atoms with Crippen molar-refractivity contribution in [2.24, 2.45) is 5.92 Å². The normalized spacial score (nSPS) is 11.6. The van der Waals surface area contributed by atoms with Crippen molar-refractivity contribution in [2.45, 2.75) is 19.9 Å². The Bertz CT molecular complexity index is 701. The van der Waals surface area contributed by atoms with E-state index in [-0.39, 0.29) is 30.7 Å². The molecular formula is C20H22FNO3. The molecule has 0 aliphatic heterocycles. The summed E-state index contributed by atoms with van der Waals surface area (Å²) >= 11 is 0. The van der Waals surface area contributed by atoms with Crippen molar-refractivity contribution in [3.05, 3.63) is 71.5 Å². The van der Waals surface area contributed by atoms with Gasteiger partial charge in [-0.3, -0.25) is 9.59 Å². The predicted molar refractivity (Wildman–Crippen MR) is 93.1 cm³/mol. The van der Waals surface area contributed by atoms with Crippen molar-refractivity contribution in [3.8, 4) is 0 Å². The van der Waals surface area contributed by atoms with Crippen molar-refractivity contribution in [1.82, 2.24) is 4.90 Å². The molecule has 0 saturated heterocycles. The highest BCUT2D eigenvalue weighted by Crippen LogP contribution is 2.12. The van der Waals surface area contributed by atoms with Crippen LogP contribution in [0.15, 0.2) is 54.6 Å². The number of benzene rings is 2. The summed E-state index contributed by atoms with van der Waals surface area (Å²) in [6.45, 7) is 2.40. The predicted octanol–water partition coefficient (Wildman–Crippen LogP) is 3.21. The first-order chi connectivity index (χ1) is 12.0. The Morgan fingerprint density at radius 3 is 2.28 bits per heavy atom. The number of methoxy groups -OCH3 is 1. The number of hydrogen-bond acceptors (Lipinski definition) is 3. The van der Waals surface area contributed by atoms with E-state index in [0.717, 1.165) is 11.1 Å². The summed E-state index contributed by atoms with van der Waals surface area (Å²) < 4.78 is 17.8. The maximum absolute atomic E-state index is 13.0. The minimum Gasteiger partial charge on any atom is -0.469 e. The molecule has 0 saturated carbocycles. The molecule has 1 atom stereocenters. The number of carbonyl (C=O) groups is 2. The Labute approximate surface area is 147 Å². The van der Waals surface area contributed by atoms with Gasteiger partial charge in [0.1, 0.15) is 5.82 Å². The molecule has 1 unspecified atom stereocenters. The highest BCUT2D eigenvalue weighted by Gasteiger charge is 2.22. The number of carbonyl (C=O) groups excluding carboxylic acids is 2. The van der Waals surface area contributed by atoms with Crippen LogP contribution in [0.5, 0.6) is 0 Å². The fourth-order valence-electron chi connectivity index (χ4n) is 2.55. The van der Waals surface area contributed by atoms with E-state index in [0.29, 0.717) is 6.54 Å². The molecule has 0 aromatic heterocycles. The maximum atomic E-state index is 13.0. The van der Waals surface area contributed by atoms with Crippen molar-refractivity contribution in [2.75, 3.05) is 13.7 Å². The van der Waals surface area contributed by atoms with Crippen molar-refractivity contribution in [3.63, 3.8) is 0 Å². The zero-order chi connectivity index (χ0) is 18.2. The van der Waals surface area contributed by atoms with Crippen molar-refractivity contribution < 1.29 is 18.7 Å². The Morgan fingerprint density at radius 1 is 1.04 bits per heavy atom. The lowest BCUT2D eigenvalue weighted by Crippen LogP contribution is -2.37. The van der Waals surface area contributed by atoms with E-state index in [4.69, 9.17) is 4.74 Å². The molecule has 0 heterocycles. The number of esters is 1. The molecule has 0 N–H and O–H groups in total. The van der Waals surface area contributed by atoms with Crippen LogP contribution in [0.1, 0.15) is 18.1 Å². The average Bonchev–Trinajstić information content (AvgIpc) is 2.63. The Morgan fingerprint density at radius 2 is 1.68 bits per heavy atom. The molecule has 2 aromatic carbocycles. The lowest BCUT2D eigenvalue weighted by molar-refractivity contribution is -0.146. The molecule has 5 heteroatoms. The molecule has 132 valence electrons. The van der Waals surface area contributed by atoms with Gasteiger partial charge in [0.2, 0.25) is 5.91 Å². The van der Waals surface area contributed by atoms with Gasteiger partial charge >= 0.3 is 5.97 Å². The lowest BCUT2D eigenvalue weighted by atomic mass is 10.1. The van der Waals surface area contributed by atoms with E-state index in [1.807, 2.05) is 30.3 Å². The molecule has 2 aromatic rings. The molecular weight excluding hydrogens is 321 g/mol. The highest BCUT2D eigenvalue weighted by atomic mass is 19.1. The summed E-state index contributed by atoms with van der Waals surface area (Å²) in [6, 6.07) is 15.4. The van der Waals surface area contributed by atoms with Crippen LogP contribution < -0.4 is 0 Å². The summed E-state index contributed by atoms with van der Waals surface area (Å²) in [5.74, 6) is -1.23. The summed E-state index contributed by atoms with van der Waals surface area (Å²) in [7, 11) is 1.33. The number of hydrogen-bond donors (Lipinski definition) is 0. The molecule has 0 fully saturated rings.